The molecule has 1 atom stereocenters. The summed E-state index contributed by atoms with van der Waals surface area (Å²) in [5, 5.41) is 12.5. The van der Waals surface area contributed by atoms with Gasteiger partial charge in [-0.15, -0.1) is 0 Å². The number of hydrogen-bond donors (Lipinski definition) is 1. The molecule has 0 aromatic heterocycles. The number of rotatable bonds is 3. The summed E-state index contributed by atoms with van der Waals surface area (Å²) in [6.45, 7) is 0. The lowest BCUT2D eigenvalue weighted by Crippen LogP contribution is -2.19. The number of benzene rings is 2. The van der Waals surface area contributed by atoms with Gasteiger partial charge in [-0.05, 0) is 23.3 Å². The molecule has 0 aliphatic carbocycles. The molecule has 0 saturated carbocycles. The second kappa shape index (κ2) is 6.11. The van der Waals surface area contributed by atoms with Gasteiger partial charge in [0.15, 0.2) is 0 Å². The molecule has 1 aliphatic heterocycles. The van der Waals surface area contributed by atoms with Crippen molar-refractivity contribution >= 4 is 17.4 Å². The number of anilines is 1. The van der Waals surface area contributed by atoms with Crippen LogP contribution in [0.4, 0.5) is 5.69 Å². The number of ether oxygens (including phenoxy) is 1. The second-order valence-corrected chi connectivity index (χ2v) is 5.97. The number of nitrogens with zero attached hydrogens (tertiary/aromatic N) is 1. The highest BCUT2D eigenvalue weighted by Gasteiger charge is 2.21. The first kappa shape index (κ1) is 13.8. The molecule has 21 heavy (non-hydrogen) atoms. The maximum atomic E-state index is 8.97. The molecule has 1 heterocycles. The van der Waals surface area contributed by atoms with Crippen molar-refractivity contribution in [2.24, 2.45) is 0 Å². The number of thioether (sulfide) groups is 1. The van der Waals surface area contributed by atoms with Crippen molar-refractivity contribution in [1.82, 2.24) is 0 Å². The predicted molar refractivity (Wildman–Crippen MR) is 86.7 cm³/mol. The summed E-state index contributed by atoms with van der Waals surface area (Å²) < 4.78 is 5.40. The van der Waals surface area contributed by atoms with Gasteiger partial charge in [-0.1, -0.05) is 24.3 Å². The standard InChI is InChI=1S/C17H16N2OS/c1-20-17-8-12(9-18)6-7-15(17)19-16-11-21-10-13-4-2-3-5-14(13)16/h2-8,16,19H,10-11H2,1H3. The summed E-state index contributed by atoms with van der Waals surface area (Å²) in [5.41, 5.74) is 4.27. The van der Waals surface area contributed by atoms with Gasteiger partial charge in [-0.2, -0.15) is 17.0 Å². The Hall–Kier alpha value is -2.12. The SMILES string of the molecule is COc1cc(C#N)ccc1NC1CSCc2ccccc21. The van der Waals surface area contributed by atoms with Crippen LogP contribution in [-0.2, 0) is 5.75 Å². The summed E-state index contributed by atoms with van der Waals surface area (Å²) in [4.78, 5) is 0. The van der Waals surface area contributed by atoms with Crippen molar-refractivity contribution in [3.63, 3.8) is 0 Å². The summed E-state index contributed by atoms with van der Waals surface area (Å²) in [5.74, 6) is 2.81. The Morgan fingerprint density at radius 3 is 2.95 bits per heavy atom. The zero-order valence-corrected chi connectivity index (χ0v) is 12.6. The minimum Gasteiger partial charge on any atom is -0.495 e. The Bertz CT molecular complexity index is 693. The van der Waals surface area contributed by atoms with Gasteiger partial charge in [0.05, 0.1) is 30.5 Å². The van der Waals surface area contributed by atoms with Crippen LogP contribution in [0.1, 0.15) is 22.7 Å². The molecule has 0 amide bonds. The molecule has 3 rings (SSSR count). The van der Waals surface area contributed by atoms with Crippen LogP contribution in [0.3, 0.4) is 0 Å². The van der Waals surface area contributed by atoms with E-state index in [-0.39, 0.29) is 6.04 Å². The number of nitriles is 1. The van der Waals surface area contributed by atoms with E-state index < -0.39 is 0 Å². The van der Waals surface area contributed by atoms with Gasteiger partial charge in [0.1, 0.15) is 5.75 Å². The fourth-order valence-corrected chi connectivity index (χ4v) is 3.67. The summed E-state index contributed by atoms with van der Waals surface area (Å²) in [6, 6.07) is 16.4. The van der Waals surface area contributed by atoms with E-state index in [1.807, 2.05) is 23.9 Å². The van der Waals surface area contributed by atoms with Crippen LogP contribution in [0, 0.1) is 11.3 Å². The monoisotopic (exact) mass is 296 g/mol. The third kappa shape index (κ3) is 2.84. The molecular weight excluding hydrogens is 280 g/mol. The zero-order chi connectivity index (χ0) is 14.7. The fraction of sp³-hybridized carbons (Fsp3) is 0.235. The Kier molecular flexibility index (Phi) is 4.03. The lowest BCUT2D eigenvalue weighted by atomic mass is 10.0. The highest BCUT2D eigenvalue weighted by atomic mass is 32.2. The van der Waals surface area contributed by atoms with E-state index in [2.05, 4.69) is 35.7 Å². The first-order valence-electron chi connectivity index (χ1n) is 6.82. The minimum absolute atomic E-state index is 0.266. The van der Waals surface area contributed by atoms with Crippen LogP contribution in [-0.4, -0.2) is 12.9 Å². The Labute approximate surface area is 128 Å². The third-order valence-corrected chi connectivity index (χ3v) is 4.72. The van der Waals surface area contributed by atoms with E-state index >= 15 is 0 Å². The van der Waals surface area contributed by atoms with Crippen LogP contribution < -0.4 is 10.1 Å². The van der Waals surface area contributed by atoms with Crippen LogP contribution in [0.2, 0.25) is 0 Å². The van der Waals surface area contributed by atoms with Gasteiger partial charge in [-0.25, -0.2) is 0 Å². The number of nitrogens with one attached hydrogen (secondary N) is 1. The molecule has 1 N–H and O–H groups in total. The number of hydrogen-bond acceptors (Lipinski definition) is 4. The van der Waals surface area contributed by atoms with E-state index in [1.54, 1.807) is 13.2 Å². The Morgan fingerprint density at radius 2 is 2.14 bits per heavy atom. The highest BCUT2D eigenvalue weighted by molar-refractivity contribution is 7.98. The molecular formula is C17H16N2OS. The highest BCUT2D eigenvalue weighted by Crippen LogP contribution is 2.36. The van der Waals surface area contributed by atoms with Gasteiger partial charge in [-0.3, -0.25) is 0 Å². The predicted octanol–water partition coefficient (Wildman–Crippen LogP) is 3.97. The number of methoxy groups -OCH3 is 1. The van der Waals surface area contributed by atoms with Gasteiger partial charge in [0, 0.05) is 17.6 Å². The average Bonchev–Trinajstić information content (AvgIpc) is 2.55. The van der Waals surface area contributed by atoms with Crippen LogP contribution in [0.5, 0.6) is 5.75 Å². The van der Waals surface area contributed by atoms with Crippen molar-refractivity contribution < 1.29 is 4.74 Å². The average molecular weight is 296 g/mol. The molecule has 0 radical (unpaired) electrons. The molecule has 4 heteroatoms. The van der Waals surface area contributed by atoms with Gasteiger partial charge in [0.2, 0.25) is 0 Å². The van der Waals surface area contributed by atoms with Crippen LogP contribution >= 0.6 is 11.8 Å². The quantitative estimate of drug-likeness (QED) is 0.931. The van der Waals surface area contributed by atoms with E-state index in [4.69, 9.17) is 10.00 Å². The first-order valence-corrected chi connectivity index (χ1v) is 7.97. The van der Waals surface area contributed by atoms with Crippen molar-refractivity contribution in [1.29, 1.82) is 5.26 Å². The number of fused-ring (bicyclic) bond motifs is 1. The lowest BCUT2D eigenvalue weighted by Gasteiger charge is -2.27. The minimum atomic E-state index is 0.266. The maximum absolute atomic E-state index is 8.97. The third-order valence-electron chi connectivity index (χ3n) is 3.63. The molecule has 106 valence electrons. The van der Waals surface area contributed by atoms with Crippen molar-refractivity contribution in [2.75, 3.05) is 18.2 Å². The van der Waals surface area contributed by atoms with E-state index in [0.29, 0.717) is 11.3 Å². The van der Waals surface area contributed by atoms with E-state index in [9.17, 15) is 0 Å². The molecule has 3 nitrogen and oxygen atoms in total. The molecule has 0 spiro atoms. The van der Waals surface area contributed by atoms with Crippen molar-refractivity contribution in [2.45, 2.75) is 11.8 Å². The largest absolute Gasteiger partial charge is 0.495 e. The summed E-state index contributed by atoms with van der Waals surface area (Å²) in [6.07, 6.45) is 0. The van der Waals surface area contributed by atoms with Gasteiger partial charge in [0.25, 0.3) is 0 Å². The van der Waals surface area contributed by atoms with Crippen LogP contribution in [0.25, 0.3) is 0 Å². The second-order valence-electron chi connectivity index (χ2n) is 4.94. The molecule has 0 bridgehead atoms. The normalized spacial score (nSPS) is 16.7. The van der Waals surface area contributed by atoms with Crippen LogP contribution in [0.15, 0.2) is 42.5 Å². The van der Waals surface area contributed by atoms with Crippen molar-refractivity contribution in [3.8, 4) is 11.8 Å². The molecule has 1 aliphatic rings. The lowest BCUT2D eigenvalue weighted by molar-refractivity contribution is 0.416. The fourth-order valence-electron chi connectivity index (χ4n) is 2.57. The molecule has 2 aromatic carbocycles. The first-order chi connectivity index (χ1) is 10.3. The van der Waals surface area contributed by atoms with Gasteiger partial charge < -0.3 is 10.1 Å². The summed E-state index contributed by atoms with van der Waals surface area (Å²) >= 11 is 1.93. The Morgan fingerprint density at radius 1 is 1.29 bits per heavy atom. The van der Waals surface area contributed by atoms with Crippen molar-refractivity contribution in [3.05, 3.63) is 59.2 Å². The van der Waals surface area contributed by atoms with E-state index in [1.165, 1.54) is 11.1 Å². The molecule has 2 aromatic rings. The zero-order valence-electron chi connectivity index (χ0n) is 11.8. The molecule has 1 unspecified atom stereocenters. The maximum Gasteiger partial charge on any atom is 0.143 e. The van der Waals surface area contributed by atoms with E-state index in [0.717, 1.165) is 17.2 Å². The molecule has 0 saturated heterocycles. The van der Waals surface area contributed by atoms with Gasteiger partial charge >= 0.3 is 0 Å². The Balaban J connectivity index is 1.90. The topological polar surface area (TPSA) is 45.0 Å². The smallest absolute Gasteiger partial charge is 0.143 e. The molecule has 0 fully saturated rings. The summed E-state index contributed by atoms with van der Waals surface area (Å²) in [7, 11) is 1.63.